The highest BCUT2D eigenvalue weighted by Gasteiger charge is 2.23. The van der Waals surface area contributed by atoms with Gasteiger partial charge in [0.05, 0.1) is 30.2 Å². The van der Waals surface area contributed by atoms with Crippen LogP contribution in [0.5, 0.6) is 17.2 Å². The normalized spacial score (nSPS) is 11.5. The third-order valence-corrected chi connectivity index (χ3v) is 8.14. The highest BCUT2D eigenvalue weighted by Crippen LogP contribution is 2.38. The number of benzene rings is 3. The number of aryl methyl sites for hydroxylation is 1. The van der Waals surface area contributed by atoms with Crippen molar-refractivity contribution in [3.8, 4) is 28.5 Å². The van der Waals surface area contributed by atoms with E-state index < -0.39 is 17.5 Å². The summed E-state index contributed by atoms with van der Waals surface area (Å²) in [6.45, 7) is 5.01. The third-order valence-electron chi connectivity index (χ3n) is 8.14. The summed E-state index contributed by atoms with van der Waals surface area (Å²) < 4.78 is 29.7. The Hall–Kier alpha value is -6.56. The van der Waals surface area contributed by atoms with Gasteiger partial charge in [-0.2, -0.15) is 5.10 Å². The molecule has 0 aliphatic carbocycles. The second-order valence-electron chi connectivity index (χ2n) is 12.5. The van der Waals surface area contributed by atoms with Crippen LogP contribution in [0, 0.1) is 5.82 Å². The highest BCUT2D eigenvalue weighted by molar-refractivity contribution is 6.22. The maximum Gasteiger partial charge on any atom is 0.260 e. The Balaban J connectivity index is 1.29. The van der Waals surface area contributed by atoms with Crippen molar-refractivity contribution in [1.82, 2.24) is 24.1 Å². The molecule has 3 aromatic heterocycles. The Morgan fingerprint density at radius 2 is 1.69 bits per heavy atom. The molecule has 0 saturated carbocycles. The SMILES string of the molecule is CC(=O)/C(=C\N(C(=O)Cc1ccc(F)cc1)C(C)C)C(=O)Nc1ccc(Oc2cc(-c3cn(C)cn3)cn3nccc23)c(OCc2ccccc2)c1. The van der Waals surface area contributed by atoms with Gasteiger partial charge in [0, 0.05) is 49.0 Å². The Morgan fingerprint density at radius 3 is 2.38 bits per heavy atom. The number of ether oxygens (including phenoxy) is 2. The van der Waals surface area contributed by atoms with Gasteiger partial charge < -0.3 is 24.3 Å². The molecule has 3 heterocycles. The molecule has 0 aliphatic heterocycles. The van der Waals surface area contributed by atoms with Gasteiger partial charge in [-0.3, -0.25) is 14.4 Å². The number of imidazole rings is 1. The molecule has 0 aliphatic rings. The summed E-state index contributed by atoms with van der Waals surface area (Å²) >= 11 is 0. The number of fused-ring (bicyclic) bond motifs is 1. The van der Waals surface area contributed by atoms with Crippen LogP contribution >= 0.6 is 0 Å². The lowest BCUT2D eigenvalue weighted by Crippen LogP contribution is -2.35. The molecule has 2 amide bonds. The van der Waals surface area contributed by atoms with Crippen LogP contribution in [0.4, 0.5) is 10.1 Å². The molecular formula is C40H37FN6O5. The summed E-state index contributed by atoms with van der Waals surface area (Å²) in [5.41, 5.74) is 3.87. The van der Waals surface area contributed by atoms with E-state index >= 15 is 0 Å². The fraction of sp³-hybridized carbons (Fsp3) is 0.175. The number of nitrogens with one attached hydrogen (secondary N) is 1. The first-order valence-corrected chi connectivity index (χ1v) is 16.6. The minimum atomic E-state index is -0.709. The molecule has 6 aromatic rings. The number of nitrogens with zero attached hydrogens (tertiary/aromatic N) is 5. The zero-order valence-corrected chi connectivity index (χ0v) is 29.1. The summed E-state index contributed by atoms with van der Waals surface area (Å²) in [7, 11) is 1.89. The van der Waals surface area contributed by atoms with Crippen molar-refractivity contribution in [2.45, 2.75) is 39.8 Å². The van der Waals surface area contributed by atoms with Gasteiger partial charge in [0.15, 0.2) is 23.0 Å². The standard InChI is InChI=1S/C40H37FN6O5/c1-26(2)46(39(49)18-28-10-12-31(41)13-11-28)22-33(27(3)48)40(50)44-32-14-15-36(38(20-32)51-24-29-8-6-5-7-9-29)52-37-19-30(34-23-45(4)25-42-34)21-47-35(37)16-17-43-47/h5-17,19-23,25-26H,18,24H2,1-4H3,(H,44,50)/b33-22+. The molecule has 52 heavy (non-hydrogen) atoms. The van der Waals surface area contributed by atoms with Crippen molar-refractivity contribution >= 4 is 28.8 Å². The Kier molecular flexibility index (Phi) is 10.5. The van der Waals surface area contributed by atoms with E-state index in [-0.39, 0.29) is 30.5 Å². The Morgan fingerprint density at radius 1 is 0.923 bits per heavy atom. The van der Waals surface area contributed by atoms with Crippen LogP contribution in [-0.4, -0.2) is 47.7 Å². The maximum absolute atomic E-state index is 13.6. The zero-order valence-electron chi connectivity index (χ0n) is 29.1. The number of anilines is 1. The van der Waals surface area contributed by atoms with Crippen molar-refractivity contribution in [3.05, 3.63) is 139 Å². The molecule has 0 atom stereocenters. The number of carbonyl (C=O) groups excluding carboxylic acids is 3. The topological polar surface area (TPSA) is 120 Å². The van der Waals surface area contributed by atoms with Gasteiger partial charge in [-0.15, -0.1) is 0 Å². The molecule has 0 saturated heterocycles. The summed E-state index contributed by atoms with van der Waals surface area (Å²) in [5, 5.41) is 7.19. The molecule has 0 unspecified atom stereocenters. The monoisotopic (exact) mass is 700 g/mol. The van der Waals surface area contributed by atoms with E-state index in [9.17, 15) is 18.8 Å². The fourth-order valence-electron chi connectivity index (χ4n) is 5.44. The molecule has 6 rings (SSSR count). The van der Waals surface area contributed by atoms with Crippen LogP contribution in [0.1, 0.15) is 31.9 Å². The van der Waals surface area contributed by atoms with E-state index in [1.807, 2.05) is 66.5 Å². The molecule has 0 fully saturated rings. The van der Waals surface area contributed by atoms with Crippen molar-refractivity contribution < 1.29 is 28.2 Å². The maximum atomic E-state index is 13.6. The van der Waals surface area contributed by atoms with Crippen LogP contribution in [-0.2, 0) is 34.5 Å². The van der Waals surface area contributed by atoms with Gasteiger partial charge in [-0.05, 0) is 68.3 Å². The fourth-order valence-corrected chi connectivity index (χ4v) is 5.44. The number of amides is 2. The summed E-state index contributed by atoms with van der Waals surface area (Å²) in [5.74, 6) is -0.807. The number of hydrogen-bond donors (Lipinski definition) is 1. The lowest BCUT2D eigenvalue weighted by Gasteiger charge is -2.24. The Labute approximate surface area is 299 Å². The smallest absolute Gasteiger partial charge is 0.260 e. The average Bonchev–Trinajstić information content (AvgIpc) is 3.79. The van der Waals surface area contributed by atoms with Crippen LogP contribution in [0.2, 0.25) is 0 Å². The summed E-state index contributed by atoms with van der Waals surface area (Å²) in [4.78, 5) is 45.5. The van der Waals surface area contributed by atoms with Crippen molar-refractivity contribution in [2.75, 3.05) is 5.32 Å². The van der Waals surface area contributed by atoms with E-state index in [1.165, 1.54) is 42.3 Å². The van der Waals surface area contributed by atoms with Gasteiger partial charge in [-0.25, -0.2) is 13.9 Å². The van der Waals surface area contributed by atoms with Gasteiger partial charge in [-0.1, -0.05) is 42.5 Å². The second kappa shape index (κ2) is 15.5. The molecule has 0 bridgehead atoms. The van der Waals surface area contributed by atoms with Crippen LogP contribution in [0.25, 0.3) is 16.8 Å². The average molecular weight is 701 g/mol. The molecule has 3 aromatic carbocycles. The number of halogens is 1. The lowest BCUT2D eigenvalue weighted by atomic mass is 10.1. The third kappa shape index (κ3) is 8.41. The number of aromatic nitrogens is 4. The van der Waals surface area contributed by atoms with E-state index in [0.717, 1.165) is 16.8 Å². The minimum Gasteiger partial charge on any atom is -0.485 e. The molecule has 1 N–H and O–H groups in total. The minimum absolute atomic E-state index is 0.0400. The van der Waals surface area contributed by atoms with E-state index in [2.05, 4.69) is 15.4 Å². The number of hydrogen-bond acceptors (Lipinski definition) is 7. The molecule has 11 nitrogen and oxygen atoms in total. The number of rotatable bonds is 13. The number of pyridine rings is 1. The van der Waals surface area contributed by atoms with Gasteiger partial charge >= 0.3 is 0 Å². The Bertz CT molecular complexity index is 2260. The van der Waals surface area contributed by atoms with Crippen molar-refractivity contribution in [1.29, 1.82) is 0 Å². The summed E-state index contributed by atoms with van der Waals surface area (Å²) in [6.07, 6.45) is 8.38. The predicted molar refractivity (Wildman–Crippen MR) is 194 cm³/mol. The molecule has 0 radical (unpaired) electrons. The zero-order chi connectivity index (χ0) is 36.8. The van der Waals surface area contributed by atoms with Crippen LogP contribution in [0.15, 0.2) is 122 Å². The predicted octanol–water partition coefficient (Wildman–Crippen LogP) is 7.14. The van der Waals surface area contributed by atoms with Crippen molar-refractivity contribution in [3.63, 3.8) is 0 Å². The lowest BCUT2D eigenvalue weighted by molar-refractivity contribution is -0.129. The molecular weight excluding hydrogens is 663 g/mol. The van der Waals surface area contributed by atoms with Gasteiger partial charge in [0.25, 0.3) is 5.91 Å². The largest absolute Gasteiger partial charge is 0.485 e. The van der Waals surface area contributed by atoms with Crippen LogP contribution < -0.4 is 14.8 Å². The first-order valence-electron chi connectivity index (χ1n) is 16.6. The first-order chi connectivity index (χ1) is 25.0. The number of Topliss-reactive ketones (excluding diaryl/α,β-unsaturated/α-hetero) is 1. The molecule has 12 heteroatoms. The van der Waals surface area contributed by atoms with E-state index in [0.29, 0.717) is 34.0 Å². The summed E-state index contributed by atoms with van der Waals surface area (Å²) in [6, 6.07) is 23.4. The molecule has 264 valence electrons. The van der Waals surface area contributed by atoms with E-state index in [4.69, 9.17) is 9.47 Å². The second-order valence-corrected chi connectivity index (χ2v) is 12.5. The molecule has 0 spiro atoms. The number of carbonyl (C=O) groups is 3. The van der Waals surface area contributed by atoms with Gasteiger partial charge in [0.1, 0.15) is 17.9 Å². The van der Waals surface area contributed by atoms with Gasteiger partial charge in [0.2, 0.25) is 5.91 Å². The van der Waals surface area contributed by atoms with Crippen molar-refractivity contribution in [2.24, 2.45) is 7.05 Å². The van der Waals surface area contributed by atoms with Crippen LogP contribution in [0.3, 0.4) is 0 Å². The number of ketones is 1. The highest BCUT2D eigenvalue weighted by atomic mass is 19.1. The quantitative estimate of drug-likeness (QED) is 0.0773. The first kappa shape index (κ1) is 35.3. The van der Waals surface area contributed by atoms with E-state index in [1.54, 1.807) is 49.1 Å².